The van der Waals surface area contributed by atoms with Gasteiger partial charge in [-0.3, -0.25) is 4.90 Å². The van der Waals surface area contributed by atoms with E-state index in [2.05, 4.69) is 25.6 Å². The minimum absolute atomic E-state index is 0.0168. The van der Waals surface area contributed by atoms with Gasteiger partial charge >= 0.3 is 12.1 Å². The number of nitrogens with zero attached hydrogens (tertiary/aromatic N) is 5. The summed E-state index contributed by atoms with van der Waals surface area (Å²) in [6.45, 7) is 5.11. The van der Waals surface area contributed by atoms with Gasteiger partial charge in [-0.05, 0) is 81.0 Å². The van der Waals surface area contributed by atoms with Crippen molar-refractivity contribution < 1.29 is 24.2 Å². The summed E-state index contributed by atoms with van der Waals surface area (Å²) in [5, 5.41) is 18.7. The molecule has 12 nitrogen and oxygen atoms in total. The summed E-state index contributed by atoms with van der Waals surface area (Å²) in [5.74, 6) is 0.732. The van der Waals surface area contributed by atoms with Crippen LogP contribution in [0.25, 0.3) is 0 Å². The first-order valence-corrected chi connectivity index (χ1v) is 17.4. The summed E-state index contributed by atoms with van der Waals surface area (Å²) in [5.41, 5.74) is -0.312. The predicted molar refractivity (Wildman–Crippen MR) is 203 cm³/mol. The van der Waals surface area contributed by atoms with Crippen molar-refractivity contribution >= 4 is 81.6 Å². The van der Waals surface area contributed by atoms with Crippen LogP contribution in [0.5, 0.6) is 5.75 Å². The number of dihydropyridines is 1. The zero-order valence-electron chi connectivity index (χ0n) is 28.5. The van der Waals surface area contributed by atoms with Crippen LogP contribution < -0.4 is 20.4 Å². The molecule has 1 aliphatic rings. The molecular formula is C36H35Cl4N7O5. The highest BCUT2D eigenvalue weighted by molar-refractivity contribution is 6.30. The maximum atomic E-state index is 13.1. The standard InChI is InChI=1S/C36H35Cl4N7O5/c1-36(2,3)52-35(50)41-23(34(49)51-4)18-21-17-22(20-46(29-13-5-9-25(37)42-29)30-14-6-10-26(38)43-30)33(48)24(19-21)47(31-15-7-11-27(39)44-31)32-16-8-12-28(40)45-32/h5-17,19,23,27,44,48H,18,20H2,1-4H3,(H,41,50). The maximum Gasteiger partial charge on any atom is 0.408 e. The highest BCUT2D eigenvalue weighted by atomic mass is 35.5. The molecule has 0 saturated carbocycles. The number of hydrogen-bond donors (Lipinski definition) is 3. The lowest BCUT2D eigenvalue weighted by atomic mass is 10.00. The van der Waals surface area contributed by atoms with Gasteiger partial charge in [0.1, 0.15) is 61.6 Å². The van der Waals surface area contributed by atoms with Crippen LogP contribution in [0, 0.1) is 0 Å². The number of anilines is 4. The number of amides is 1. The van der Waals surface area contributed by atoms with Crippen LogP contribution in [0.4, 0.5) is 27.9 Å². The van der Waals surface area contributed by atoms with Gasteiger partial charge < -0.3 is 30.1 Å². The average molecular weight is 788 g/mol. The molecule has 272 valence electrons. The number of benzene rings is 1. The zero-order chi connectivity index (χ0) is 37.6. The maximum absolute atomic E-state index is 13.1. The second kappa shape index (κ2) is 16.7. The van der Waals surface area contributed by atoms with Crippen LogP contribution >= 0.6 is 46.4 Å². The number of carbonyl (C=O) groups excluding carboxylic acids is 2. The molecule has 2 atom stereocenters. The molecule has 5 rings (SSSR count). The Morgan fingerprint density at radius 1 is 0.942 bits per heavy atom. The fourth-order valence-corrected chi connectivity index (χ4v) is 5.91. The number of carbonyl (C=O) groups is 2. The smallest absolute Gasteiger partial charge is 0.408 e. The number of esters is 1. The second-order valence-electron chi connectivity index (χ2n) is 12.4. The van der Waals surface area contributed by atoms with E-state index >= 15 is 0 Å². The normalized spacial score (nSPS) is 14.5. The minimum atomic E-state index is -1.18. The number of alkyl carbamates (subject to hydrolysis) is 1. The molecule has 0 aliphatic carbocycles. The van der Waals surface area contributed by atoms with Crippen LogP contribution in [0.15, 0.2) is 90.8 Å². The summed E-state index contributed by atoms with van der Waals surface area (Å²) >= 11 is 25.5. The Labute approximate surface area is 321 Å². The van der Waals surface area contributed by atoms with Crippen molar-refractivity contribution in [1.29, 1.82) is 0 Å². The van der Waals surface area contributed by atoms with E-state index in [1.54, 1.807) is 116 Å². The van der Waals surface area contributed by atoms with Crippen molar-refractivity contribution in [2.75, 3.05) is 16.9 Å². The highest BCUT2D eigenvalue weighted by Gasteiger charge is 2.29. The van der Waals surface area contributed by atoms with Crippen molar-refractivity contribution in [3.63, 3.8) is 0 Å². The lowest BCUT2D eigenvalue weighted by Gasteiger charge is -2.32. The largest absolute Gasteiger partial charge is 0.505 e. The quantitative estimate of drug-likeness (QED) is 0.0587. The van der Waals surface area contributed by atoms with Crippen molar-refractivity contribution in [3.05, 3.63) is 117 Å². The van der Waals surface area contributed by atoms with E-state index in [-0.39, 0.29) is 39.9 Å². The SMILES string of the molecule is COC(=O)C(Cc1cc(CN(c2cccc(Cl)n2)c2cccc(Cl)n2)c(O)c(N(C2=CC=CC(Cl)N2)c2cccc(Cl)n2)c1)NC(=O)OC(C)(C)C. The Hall–Kier alpha value is -4.75. The van der Waals surface area contributed by atoms with Crippen LogP contribution in [-0.2, 0) is 27.2 Å². The summed E-state index contributed by atoms with van der Waals surface area (Å²) in [6, 6.07) is 17.4. The molecule has 1 aliphatic heterocycles. The first-order valence-electron chi connectivity index (χ1n) is 15.9. The number of halogens is 4. The van der Waals surface area contributed by atoms with Gasteiger partial charge in [-0.2, -0.15) is 0 Å². The molecule has 3 aromatic heterocycles. The number of ether oxygens (including phenoxy) is 2. The number of pyridine rings is 3. The van der Waals surface area contributed by atoms with Crippen LogP contribution in [0.3, 0.4) is 0 Å². The number of hydrogen-bond acceptors (Lipinski definition) is 11. The number of aromatic hydroxyl groups is 1. The fraction of sp³-hybridized carbons (Fsp3) is 0.250. The van der Waals surface area contributed by atoms with Crippen molar-refractivity contribution in [2.45, 2.75) is 50.9 Å². The van der Waals surface area contributed by atoms with E-state index in [1.807, 2.05) is 0 Å². The molecule has 3 N–H and O–H groups in total. The molecule has 1 amide bonds. The second-order valence-corrected chi connectivity index (χ2v) is 14.0. The predicted octanol–water partition coefficient (Wildman–Crippen LogP) is 8.19. The number of alkyl halides is 1. The number of aromatic nitrogens is 3. The number of allylic oxidation sites excluding steroid dienone is 2. The molecule has 0 spiro atoms. The summed E-state index contributed by atoms with van der Waals surface area (Å²) < 4.78 is 10.5. The molecule has 0 fully saturated rings. The molecule has 0 bridgehead atoms. The summed E-state index contributed by atoms with van der Waals surface area (Å²) in [7, 11) is 1.22. The van der Waals surface area contributed by atoms with Gasteiger partial charge in [-0.15, -0.1) is 0 Å². The van der Waals surface area contributed by atoms with E-state index in [1.165, 1.54) is 7.11 Å². The lowest BCUT2D eigenvalue weighted by molar-refractivity contribution is -0.143. The van der Waals surface area contributed by atoms with Gasteiger partial charge in [0.05, 0.1) is 19.3 Å². The summed E-state index contributed by atoms with van der Waals surface area (Å²) in [6.07, 6.45) is 4.38. The van der Waals surface area contributed by atoms with E-state index < -0.39 is 29.2 Å². The Bertz CT molecular complexity index is 1960. The first kappa shape index (κ1) is 38.5. The van der Waals surface area contributed by atoms with E-state index in [0.29, 0.717) is 34.4 Å². The average Bonchev–Trinajstić information content (AvgIpc) is 3.07. The van der Waals surface area contributed by atoms with Gasteiger partial charge in [0, 0.05) is 12.0 Å². The van der Waals surface area contributed by atoms with Crippen LogP contribution in [-0.4, -0.2) is 56.4 Å². The molecule has 4 aromatic rings. The molecular weight excluding hydrogens is 752 g/mol. The van der Waals surface area contributed by atoms with Crippen LogP contribution in [0.1, 0.15) is 31.9 Å². The van der Waals surface area contributed by atoms with Crippen molar-refractivity contribution in [3.8, 4) is 5.75 Å². The Morgan fingerprint density at radius 3 is 2.06 bits per heavy atom. The number of methoxy groups -OCH3 is 1. The first-order chi connectivity index (χ1) is 24.7. The molecule has 16 heteroatoms. The molecule has 4 heterocycles. The number of phenols is 1. The van der Waals surface area contributed by atoms with Gasteiger partial charge in [0.25, 0.3) is 0 Å². The summed E-state index contributed by atoms with van der Waals surface area (Å²) in [4.78, 5) is 42.8. The Morgan fingerprint density at radius 2 is 1.52 bits per heavy atom. The van der Waals surface area contributed by atoms with Gasteiger partial charge in [-0.1, -0.05) is 76.7 Å². The molecule has 52 heavy (non-hydrogen) atoms. The highest BCUT2D eigenvalue weighted by Crippen LogP contribution is 2.41. The third-order valence-electron chi connectivity index (χ3n) is 7.36. The molecule has 2 unspecified atom stereocenters. The van der Waals surface area contributed by atoms with Crippen molar-refractivity contribution in [2.24, 2.45) is 0 Å². The molecule has 0 radical (unpaired) electrons. The monoisotopic (exact) mass is 785 g/mol. The van der Waals surface area contributed by atoms with E-state index in [4.69, 9.17) is 55.9 Å². The topological polar surface area (TPSA) is 142 Å². The van der Waals surface area contributed by atoms with Gasteiger partial charge in [0.15, 0.2) is 0 Å². The van der Waals surface area contributed by atoms with Crippen molar-refractivity contribution in [1.82, 2.24) is 25.6 Å². The van der Waals surface area contributed by atoms with E-state index in [0.717, 1.165) is 0 Å². The number of phenolic OH excluding ortho intramolecular Hbond substituents is 1. The van der Waals surface area contributed by atoms with Gasteiger partial charge in [0.2, 0.25) is 0 Å². The van der Waals surface area contributed by atoms with Gasteiger partial charge in [-0.25, -0.2) is 24.5 Å². The Balaban J connectivity index is 1.70. The third kappa shape index (κ3) is 9.97. The minimum Gasteiger partial charge on any atom is -0.505 e. The van der Waals surface area contributed by atoms with E-state index in [9.17, 15) is 14.7 Å². The zero-order valence-corrected chi connectivity index (χ0v) is 31.5. The molecule has 0 saturated heterocycles. The third-order valence-corrected chi connectivity index (χ3v) is 8.24. The fourth-order valence-electron chi connectivity index (χ4n) is 5.24. The number of nitrogens with one attached hydrogen (secondary N) is 2. The lowest BCUT2D eigenvalue weighted by Crippen LogP contribution is -2.45. The Kier molecular flexibility index (Phi) is 12.4. The molecule has 1 aromatic carbocycles. The number of rotatable bonds is 11. The van der Waals surface area contributed by atoms with Crippen LogP contribution in [0.2, 0.25) is 15.5 Å².